The number of hydrogen-bond donors (Lipinski definition) is 1. The van der Waals surface area contributed by atoms with Gasteiger partial charge in [0.1, 0.15) is 5.82 Å². The topological polar surface area (TPSA) is 42.7 Å². The fraction of sp³-hybridized carbons (Fsp3) is 0.385. The lowest BCUT2D eigenvalue weighted by Gasteiger charge is -2.26. The number of pyridine rings is 1. The van der Waals surface area contributed by atoms with E-state index in [4.69, 9.17) is 5.10 Å². The number of aryl methyl sites for hydroxylation is 1. The zero-order chi connectivity index (χ0) is 12.5. The maximum absolute atomic E-state index is 4.71. The number of nitrogens with zero attached hydrogens (tertiary/aromatic N) is 3. The van der Waals surface area contributed by atoms with Crippen molar-refractivity contribution in [2.75, 3.05) is 11.9 Å². The van der Waals surface area contributed by atoms with Crippen LogP contribution in [0.2, 0.25) is 0 Å². The molecule has 1 aliphatic heterocycles. The highest BCUT2D eigenvalue weighted by Gasteiger charge is 2.25. The molecular weight excluding hydrogens is 292 g/mol. The van der Waals surface area contributed by atoms with Gasteiger partial charge in [0.25, 0.3) is 0 Å². The van der Waals surface area contributed by atoms with E-state index in [1.807, 2.05) is 12.4 Å². The molecule has 2 aromatic heterocycles. The van der Waals surface area contributed by atoms with Crippen LogP contribution < -0.4 is 5.32 Å². The minimum atomic E-state index is 0.306. The Bertz CT molecular complexity index is 550. The predicted octanol–water partition coefficient (Wildman–Crippen LogP) is 3.01. The summed E-state index contributed by atoms with van der Waals surface area (Å²) in [4.78, 5) is 4.08. The van der Waals surface area contributed by atoms with Gasteiger partial charge in [-0.05, 0) is 46.5 Å². The highest BCUT2D eigenvalue weighted by atomic mass is 79.9. The maximum atomic E-state index is 4.71. The van der Waals surface area contributed by atoms with Gasteiger partial charge in [0.05, 0.1) is 16.2 Å². The fourth-order valence-electron chi connectivity index (χ4n) is 2.41. The van der Waals surface area contributed by atoms with E-state index in [0.29, 0.717) is 6.04 Å². The van der Waals surface area contributed by atoms with E-state index in [0.717, 1.165) is 35.4 Å². The molecule has 0 aromatic carbocycles. The lowest BCUT2D eigenvalue weighted by molar-refractivity contribution is 0.478. The average molecular weight is 307 g/mol. The smallest absolute Gasteiger partial charge is 0.139 e. The molecule has 0 amide bonds. The van der Waals surface area contributed by atoms with Gasteiger partial charge < -0.3 is 5.32 Å². The SMILES string of the molecule is CCc1nn2c(c1Br)NCCC2c1ccncc1. The van der Waals surface area contributed by atoms with Crippen LogP contribution >= 0.6 is 15.9 Å². The standard InChI is InChI=1S/C13H15BrN4/c1-2-10-12(14)13-16-8-5-11(18(13)17-10)9-3-6-15-7-4-9/h3-4,6-7,11,16H,2,5,8H2,1H3. The van der Waals surface area contributed by atoms with Crippen LogP contribution in [0.1, 0.15) is 30.6 Å². The van der Waals surface area contributed by atoms with Gasteiger partial charge >= 0.3 is 0 Å². The van der Waals surface area contributed by atoms with Gasteiger partial charge in [-0.2, -0.15) is 5.10 Å². The molecule has 1 aliphatic rings. The highest BCUT2D eigenvalue weighted by Crippen LogP contribution is 2.35. The van der Waals surface area contributed by atoms with Crippen molar-refractivity contribution < 1.29 is 0 Å². The molecule has 0 fully saturated rings. The third kappa shape index (κ3) is 1.82. The Morgan fingerprint density at radius 1 is 1.44 bits per heavy atom. The van der Waals surface area contributed by atoms with Gasteiger partial charge in [0, 0.05) is 18.9 Å². The Morgan fingerprint density at radius 2 is 2.22 bits per heavy atom. The van der Waals surface area contributed by atoms with Crippen molar-refractivity contribution in [3.63, 3.8) is 0 Å². The molecule has 0 saturated carbocycles. The largest absolute Gasteiger partial charge is 0.369 e. The summed E-state index contributed by atoms with van der Waals surface area (Å²) in [5, 5.41) is 8.14. The Morgan fingerprint density at radius 3 is 2.94 bits per heavy atom. The third-order valence-electron chi connectivity index (χ3n) is 3.35. The minimum Gasteiger partial charge on any atom is -0.369 e. The molecule has 1 N–H and O–H groups in total. The Labute approximate surface area is 115 Å². The van der Waals surface area contributed by atoms with Crippen molar-refractivity contribution >= 4 is 21.7 Å². The lowest BCUT2D eigenvalue weighted by atomic mass is 10.0. The number of nitrogens with one attached hydrogen (secondary N) is 1. The fourth-order valence-corrected chi connectivity index (χ4v) is 3.10. The Hall–Kier alpha value is -1.36. The van der Waals surface area contributed by atoms with Gasteiger partial charge in [-0.15, -0.1) is 0 Å². The number of hydrogen-bond acceptors (Lipinski definition) is 3. The van der Waals surface area contributed by atoms with E-state index in [9.17, 15) is 0 Å². The molecule has 1 atom stereocenters. The van der Waals surface area contributed by atoms with Crippen LogP contribution in [0.15, 0.2) is 29.0 Å². The second kappa shape index (κ2) is 4.72. The van der Waals surface area contributed by atoms with Crippen LogP contribution in [-0.2, 0) is 6.42 Å². The predicted molar refractivity (Wildman–Crippen MR) is 74.8 cm³/mol. The quantitative estimate of drug-likeness (QED) is 0.927. The molecule has 0 aliphatic carbocycles. The number of aromatic nitrogens is 3. The Kier molecular flexibility index (Phi) is 3.07. The summed E-state index contributed by atoms with van der Waals surface area (Å²) in [6, 6.07) is 4.45. The molecule has 4 nitrogen and oxygen atoms in total. The summed E-state index contributed by atoms with van der Waals surface area (Å²) in [5.74, 6) is 1.10. The second-order valence-electron chi connectivity index (χ2n) is 4.42. The molecule has 0 saturated heterocycles. The molecule has 0 bridgehead atoms. The summed E-state index contributed by atoms with van der Waals surface area (Å²) in [6.07, 6.45) is 5.67. The van der Waals surface area contributed by atoms with Gasteiger partial charge in [0.2, 0.25) is 0 Å². The third-order valence-corrected chi connectivity index (χ3v) is 4.18. The van der Waals surface area contributed by atoms with Crippen LogP contribution in [0.25, 0.3) is 0 Å². The molecular formula is C13H15BrN4. The monoisotopic (exact) mass is 306 g/mol. The second-order valence-corrected chi connectivity index (χ2v) is 5.21. The van der Waals surface area contributed by atoms with Crippen molar-refractivity contribution in [2.24, 2.45) is 0 Å². The summed E-state index contributed by atoms with van der Waals surface area (Å²) in [6.45, 7) is 3.10. The molecule has 0 spiro atoms. The van der Waals surface area contributed by atoms with E-state index in [-0.39, 0.29) is 0 Å². The summed E-state index contributed by atoms with van der Waals surface area (Å²) in [5.41, 5.74) is 2.38. The van der Waals surface area contributed by atoms with Crippen LogP contribution in [0.4, 0.5) is 5.82 Å². The highest BCUT2D eigenvalue weighted by molar-refractivity contribution is 9.10. The molecule has 2 aromatic rings. The number of fused-ring (bicyclic) bond motifs is 1. The molecule has 94 valence electrons. The summed E-state index contributed by atoms with van der Waals surface area (Å²) in [7, 11) is 0. The first-order valence-corrected chi connectivity index (χ1v) is 7.01. The first kappa shape index (κ1) is 11.7. The van der Waals surface area contributed by atoms with E-state index in [1.54, 1.807) is 0 Å². The zero-order valence-electron chi connectivity index (χ0n) is 10.2. The van der Waals surface area contributed by atoms with Crippen LogP contribution in [0, 0.1) is 0 Å². The van der Waals surface area contributed by atoms with Crippen LogP contribution in [-0.4, -0.2) is 21.3 Å². The van der Waals surface area contributed by atoms with Crippen LogP contribution in [0.3, 0.4) is 0 Å². The maximum Gasteiger partial charge on any atom is 0.139 e. The normalized spacial score (nSPS) is 18.2. The van der Waals surface area contributed by atoms with Crippen molar-refractivity contribution in [2.45, 2.75) is 25.8 Å². The number of anilines is 1. The molecule has 18 heavy (non-hydrogen) atoms. The van der Waals surface area contributed by atoms with Crippen molar-refractivity contribution in [1.29, 1.82) is 0 Å². The van der Waals surface area contributed by atoms with Crippen molar-refractivity contribution in [3.05, 3.63) is 40.3 Å². The van der Waals surface area contributed by atoms with Crippen molar-refractivity contribution in [3.8, 4) is 0 Å². The summed E-state index contributed by atoms with van der Waals surface area (Å²) >= 11 is 3.64. The molecule has 3 heterocycles. The van der Waals surface area contributed by atoms with E-state index in [1.165, 1.54) is 5.56 Å². The molecule has 1 unspecified atom stereocenters. The first-order chi connectivity index (χ1) is 8.81. The van der Waals surface area contributed by atoms with Gasteiger partial charge in [0.15, 0.2) is 0 Å². The van der Waals surface area contributed by atoms with E-state index < -0.39 is 0 Å². The van der Waals surface area contributed by atoms with Crippen LogP contribution in [0.5, 0.6) is 0 Å². The van der Waals surface area contributed by atoms with Gasteiger partial charge in [-0.25, -0.2) is 4.68 Å². The zero-order valence-corrected chi connectivity index (χ0v) is 11.8. The van der Waals surface area contributed by atoms with Gasteiger partial charge in [-0.3, -0.25) is 4.98 Å². The van der Waals surface area contributed by atoms with Crippen molar-refractivity contribution in [1.82, 2.24) is 14.8 Å². The van der Waals surface area contributed by atoms with E-state index in [2.05, 4.69) is 50.0 Å². The molecule has 3 rings (SSSR count). The van der Waals surface area contributed by atoms with E-state index >= 15 is 0 Å². The number of halogens is 1. The Balaban J connectivity index is 2.07. The average Bonchev–Trinajstić information content (AvgIpc) is 2.77. The summed E-state index contributed by atoms with van der Waals surface area (Å²) < 4.78 is 3.20. The van der Waals surface area contributed by atoms with Gasteiger partial charge in [-0.1, -0.05) is 6.92 Å². The number of rotatable bonds is 2. The molecule has 5 heteroatoms. The molecule has 0 radical (unpaired) electrons. The minimum absolute atomic E-state index is 0.306. The first-order valence-electron chi connectivity index (χ1n) is 6.22. The lowest BCUT2D eigenvalue weighted by Crippen LogP contribution is -2.24.